The lowest BCUT2D eigenvalue weighted by molar-refractivity contribution is 0.311. The van der Waals surface area contributed by atoms with Crippen LogP contribution >= 0.6 is 0 Å². The van der Waals surface area contributed by atoms with E-state index in [9.17, 15) is 8.42 Å². The maximum atomic E-state index is 12.3. The lowest BCUT2D eigenvalue weighted by Gasteiger charge is -2.23. The molecule has 8 heteroatoms. The highest BCUT2D eigenvalue weighted by Gasteiger charge is 2.27. The van der Waals surface area contributed by atoms with Gasteiger partial charge in [-0.1, -0.05) is 5.16 Å². The fourth-order valence-corrected chi connectivity index (χ4v) is 2.73. The van der Waals surface area contributed by atoms with Gasteiger partial charge < -0.3 is 15.7 Å². The zero-order valence-electron chi connectivity index (χ0n) is 10.9. The molecule has 0 amide bonds. The topological polar surface area (TPSA) is 105 Å². The van der Waals surface area contributed by atoms with Gasteiger partial charge in [-0.05, 0) is 31.2 Å². The molecule has 0 fully saturated rings. The summed E-state index contributed by atoms with van der Waals surface area (Å²) in [5.41, 5.74) is 5.41. The largest absolute Gasteiger partial charge is 0.497 e. The molecule has 0 aliphatic heterocycles. The van der Waals surface area contributed by atoms with Gasteiger partial charge in [0.15, 0.2) is 5.84 Å². The highest BCUT2D eigenvalue weighted by Crippen LogP contribution is 2.19. The summed E-state index contributed by atoms with van der Waals surface area (Å²) in [4.78, 5) is 0.105. The van der Waals surface area contributed by atoms with Gasteiger partial charge in [0, 0.05) is 7.05 Å². The van der Waals surface area contributed by atoms with E-state index < -0.39 is 16.1 Å². The number of amidine groups is 1. The van der Waals surface area contributed by atoms with Crippen LogP contribution in [-0.2, 0) is 10.0 Å². The van der Waals surface area contributed by atoms with Gasteiger partial charge in [-0.15, -0.1) is 0 Å². The van der Waals surface area contributed by atoms with E-state index in [1.807, 2.05) is 0 Å². The summed E-state index contributed by atoms with van der Waals surface area (Å²) in [5, 5.41) is 11.4. The number of likely N-dealkylation sites (N-methyl/N-ethyl adjacent to an activating group) is 1. The molecule has 0 bridgehead atoms. The maximum absolute atomic E-state index is 12.3. The number of oxime groups is 1. The third-order valence-electron chi connectivity index (χ3n) is 2.83. The molecule has 0 aliphatic carbocycles. The second-order valence-electron chi connectivity index (χ2n) is 3.90. The molecule has 0 spiro atoms. The molecule has 1 unspecified atom stereocenters. The Balaban J connectivity index is 3.09. The molecule has 0 heterocycles. The van der Waals surface area contributed by atoms with E-state index in [0.717, 1.165) is 4.31 Å². The maximum Gasteiger partial charge on any atom is 0.243 e. The summed E-state index contributed by atoms with van der Waals surface area (Å²) >= 11 is 0. The molecule has 7 nitrogen and oxygen atoms in total. The molecule has 1 rings (SSSR count). The van der Waals surface area contributed by atoms with Gasteiger partial charge in [0.25, 0.3) is 0 Å². The van der Waals surface area contributed by atoms with Crippen molar-refractivity contribution in [1.29, 1.82) is 0 Å². The normalized spacial score (nSPS) is 14.4. The second kappa shape index (κ2) is 5.89. The zero-order valence-corrected chi connectivity index (χ0v) is 11.8. The minimum absolute atomic E-state index is 0.105. The second-order valence-corrected chi connectivity index (χ2v) is 5.90. The van der Waals surface area contributed by atoms with Crippen molar-refractivity contribution < 1.29 is 18.4 Å². The number of nitrogens with two attached hydrogens (primary N) is 1. The van der Waals surface area contributed by atoms with E-state index in [1.54, 1.807) is 12.1 Å². The van der Waals surface area contributed by atoms with Crippen LogP contribution < -0.4 is 10.5 Å². The third-order valence-corrected chi connectivity index (χ3v) is 4.77. The molecule has 0 radical (unpaired) electrons. The molecule has 106 valence electrons. The molecule has 0 aromatic heterocycles. The SMILES string of the molecule is COc1ccc(S(=O)(=O)N(C)C(C)C(N)=NO)cc1. The Bertz CT molecular complexity index is 554. The van der Waals surface area contributed by atoms with Crippen molar-refractivity contribution in [3.8, 4) is 5.75 Å². The van der Waals surface area contributed by atoms with Crippen LogP contribution in [0.1, 0.15) is 6.92 Å². The Kier molecular flexibility index (Phi) is 4.73. The van der Waals surface area contributed by atoms with Crippen LogP contribution in [0.25, 0.3) is 0 Å². The number of nitrogens with zero attached hydrogens (tertiary/aromatic N) is 2. The van der Waals surface area contributed by atoms with Gasteiger partial charge in [-0.25, -0.2) is 8.42 Å². The molecular weight excluding hydrogens is 270 g/mol. The zero-order chi connectivity index (χ0) is 14.6. The van der Waals surface area contributed by atoms with Crippen LogP contribution in [0.15, 0.2) is 34.3 Å². The predicted octanol–water partition coefficient (Wildman–Crippen LogP) is 0.451. The average molecular weight is 287 g/mol. The van der Waals surface area contributed by atoms with Gasteiger partial charge >= 0.3 is 0 Å². The van der Waals surface area contributed by atoms with E-state index >= 15 is 0 Å². The number of ether oxygens (including phenoxy) is 1. The van der Waals surface area contributed by atoms with Crippen molar-refractivity contribution in [2.24, 2.45) is 10.9 Å². The van der Waals surface area contributed by atoms with Crippen molar-refractivity contribution >= 4 is 15.9 Å². The Morgan fingerprint density at radius 1 is 1.42 bits per heavy atom. The minimum Gasteiger partial charge on any atom is -0.497 e. The Labute approximate surface area is 112 Å². The first-order valence-electron chi connectivity index (χ1n) is 5.44. The summed E-state index contributed by atoms with van der Waals surface area (Å²) in [6, 6.07) is 5.22. The summed E-state index contributed by atoms with van der Waals surface area (Å²) in [5.74, 6) is 0.380. The van der Waals surface area contributed by atoms with Gasteiger partial charge in [0.05, 0.1) is 18.0 Å². The van der Waals surface area contributed by atoms with Gasteiger partial charge in [0.1, 0.15) is 5.75 Å². The molecule has 19 heavy (non-hydrogen) atoms. The standard InChI is InChI=1S/C11H17N3O4S/c1-8(11(12)13-15)14(2)19(16,17)10-6-4-9(18-3)5-7-10/h4-8,15H,1-3H3,(H2,12,13). The van der Waals surface area contributed by atoms with E-state index in [-0.39, 0.29) is 10.7 Å². The first kappa shape index (κ1) is 15.3. The molecule has 0 saturated heterocycles. The summed E-state index contributed by atoms with van der Waals surface area (Å²) in [6.07, 6.45) is 0. The van der Waals surface area contributed by atoms with Gasteiger partial charge in [-0.3, -0.25) is 0 Å². The fraction of sp³-hybridized carbons (Fsp3) is 0.364. The summed E-state index contributed by atoms with van der Waals surface area (Å²) in [6.45, 7) is 1.52. The molecule has 1 aromatic carbocycles. The van der Waals surface area contributed by atoms with Crippen molar-refractivity contribution in [1.82, 2.24) is 4.31 Å². The number of methoxy groups -OCH3 is 1. The van der Waals surface area contributed by atoms with E-state index in [4.69, 9.17) is 15.7 Å². The number of rotatable bonds is 5. The van der Waals surface area contributed by atoms with Crippen molar-refractivity contribution in [3.05, 3.63) is 24.3 Å². The number of benzene rings is 1. The van der Waals surface area contributed by atoms with Crippen LogP contribution in [0.3, 0.4) is 0 Å². The third kappa shape index (κ3) is 3.15. The molecular formula is C11H17N3O4S. The van der Waals surface area contributed by atoms with Crippen LogP contribution in [0.5, 0.6) is 5.75 Å². The highest BCUT2D eigenvalue weighted by atomic mass is 32.2. The quantitative estimate of drug-likeness (QED) is 0.354. The Hall–Kier alpha value is -1.80. The Morgan fingerprint density at radius 3 is 2.37 bits per heavy atom. The first-order chi connectivity index (χ1) is 8.84. The predicted molar refractivity (Wildman–Crippen MR) is 70.8 cm³/mol. The van der Waals surface area contributed by atoms with Crippen molar-refractivity contribution in [3.63, 3.8) is 0 Å². The average Bonchev–Trinajstić information content (AvgIpc) is 2.44. The smallest absolute Gasteiger partial charge is 0.243 e. The van der Waals surface area contributed by atoms with E-state index in [2.05, 4.69) is 5.16 Å². The lowest BCUT2D eigenvalue weighted by atomic mass is 10.3. The van der Waals surface area contributed by atoms with Crippen molar-refractivity contribution in [2.45, 2.75) is 17.9 Å². The molecule has 0 saturated carbocycles. The van der Waals surface area contributed by atoms with Crippen LogP contribution in [0.4, 0.5) is 0 Å². The number of hydrogen-bond donors (Lipinski definition) is 2. The van der Waals surface area contributed by atoms with E-state index in [1.165, 1.54) is 33.2 Å². The number of hydrogen-bond acceptors (Lipinski definition) is 5. The molecule has 1 atom stereocenters. The minimum atomic E-state index is -3.71. The molecule has 0 aliphatic rings. The first-order valence-corrected chi connectivity index (χ1v) is 6.88. The van der Waals surface area contributed by atoms with Gasteiger partial charge in [-0.2, -0.15) is 4.31 Å². The molecule has 1 aromatic rings. The fourth-order valence-electron chi connectivity index (χ4n) is 1.39. The van der Waals surface area contributed by atoms with Gasteiger partial charge in [0.2, 0.25) is 10.0 Å². The van der Waals surface area contributed by atoms with Crippen molar-refractivity contribution in [2.75, 3.05) is 14.2 Å². The van der Waals surface area contributed by atoms with E-state index in [0.29, 0.717) is 5.75 Å². The summed E-state index contributed by atoms with van der Waals surface area (Å²) in [7, 11) is -0.853. The summed E-state index contributed by atoms with van der Waals surface area (Å²) < 4.78 is 30.6. The van der Waals surface area contributed by atoms with Crippen LogP contribution in [0, 0.1) is 0 Å². The lowest BCUT2D eigenvalue weighted by Crippen LogP contribution is -2.43. The Morgan fingerprint density at radius 2 is 1.95 bits per heavy atom. The monoisotopic (exact) mass is 287 g/mol. The molecule has 3 N–H and O–H groups in total. The highest BCUT2D eigenvalue weighted by molar-refractivity contribution is 7.89. The number of sulfonamides is 1. The van der Waals surface area contributed by atoms with Crippen LogP contribution in [0.2, 0.25) is 0 Å². The van der Waals surface area contributed by atoms with Crippen LogP contribution in [-0.4, -0.2) is 44.0 Å².